The molecule has 0 fully saturated rings. The first-order valence-corrected chi connectivity index (χ1v) is 5.26. The third kappa shape index (κ3) is 2.64. The van der Waals surface area contributed by atoms with E-state index in [9.17, 15) is 5.11 Å². The number of ether oxygens (including phenoxy) is 1. The topological polar surface area (TPSA) is 41.8 Å². The van der Waals surface area contributed by atoms with Gasteiger partial charge in [0, 0.05) is 11.8 Å². The van der Waals surface area contributed by atoms with E-state index in [1.165, 1.54) is 7.11 Å². The predicted molar refractivity (Wildman–Crippen MR) is 68.4 cm³/mol. The molecular formula is C14H13NO2. The molecule has 2 aromatic carbocycles. The fraction of sp³-hybridized carbons (Fsp3) is 0.0714. The molecule has 0 aliphatic carbocycles. The van der Waals surface area contributed by atoms with Crippen LogP contribution in [0.25, 0.3) is 0 Å². The lowest BCUT2D eigenvalue weighted by atomic mass is 10.2. The molecular weight excluding hydrogens is 214 g/mol. The molecule has 3 heteroatoms. The minimum atomic E-state index is 0.106. The first-order chi connectivity index (χ1) is 8.31. The van der Waals surface area contributed by atoms with Crippen molar-refractivity contribution in [1.82, 2.24) is 0 Å². The van der Waals surface area contributed by atoms with Crippen LogP contribution in [-0.2, 0) is 0 Å². The molecule has 0 unspecified atom stereocenters. The van der Waals surface area contributed by atoms with Crippen LogP contribution in [0.4, 0.5) is 5.69 Å². The van der Waals surface area contributed by atoms with Gasteiger partial charge in [0.2, 0.25) is 0 Å². The molecule has 0 aliphatic rings. The minimum Gasteiger partial charge on any atom is -0.504 e. The van der Waals surface area contributed by atoms with Crippen molar-refractivity contribution in [2.75, 3.05) is 7.11 Å². The standard InChI is InChI=1S/C14H13NO2/c1-17-13-9-5-6-11(14(13)16)10-15-12-7-3-2-4-8-12/h2-10,16H,1H3/b15-10+. The molecule has 86 valence electrons. The number of hydrogen-bond acceptors (Lipinski definition) is 3. The highest BCUT2D eigenvalue weighted by molar-refractivity contribution is 5.86. The molecule has 0 saturated heterocycles. The van der Waals surface area contributed by atoms with E-state index in [1.54, 1.807) is 18.3 Å². The van der Waals surface area contributed by atoms with E-state index >= 15 is 0 Å². The van der Waals surface area contributed by atoms with Gasteiger partial charge >= 0.3 is 0 Å². The van der Waals surface area contributed by atoms with Crippen molar-refractivity contribution in [1.29, 1.82) is 0 Å². The predicted octanol–water partition coefficient (Wildman–Crippen LogP) is 3.15. The van der Waals surface area contributed by atoms with Crippen molar-refractivity contribution in [2.45, 2.75) is 0 Å². The Hall–Kier alpha value is -2.29. The minimum absolute atomic E-state index is 0.106. The molecule has 0 saturated carbocycles. The zero-order valence-corrected chi connectivity index (χ0v) is 9.50. The second kappa shape index (κ2) is 5.16. The van der Waals surface area contributed by atoms with Gasteiger partial charge in [-0.1, -0.05) is 24.3 Å². The van der Waals surface area contributed by atoms with Crippen molar-refractivity contribution in [2.24, 2.45) is 4.99 Å². The highest BCUT2D eigenvalue weighted by Gasteiger charge is 2.04. The molecule has 2 rings (SSSR count). The highest BCUT2D eigenvalue weighted by atomic mass is 16.5. The summed E-state index contributed by atoms with van der Waals surface area (Å²) >= 11 is 0. The number of nitrogens with zero attached hydrogens (tertiary/aromatic N) is 1. The maximum absolute atomic E-state index is 9.85. The van der Waals surface area contributed by atoms with Crippen molar-refractivity contribution in [3.8, 4) is 11.5 Å². The lowest BCUT2D eigenvalue weighted by molar-refractivity contribution is 0.373. The van der Waals surface area contributed by atoms with Crippen LogP contribution in [0.15, 0.2) is 53.5 Å². The van der Waals surface area contributed by atoms with Crippen molar-refractivity contribution in [3.63, 3.8) is 0 Å². The van der Waals surface area contributed by atoms with E-state index in [1.807, 2.05) is 36.4 Å². The number of benzene rings is 2. The van der Waals surface area contributed by atoms with Crippen LogP contribution in [0.1, 0.15) is 5.56 Å². The van der Waals surface area contributed by atoms with Gasteiger partial charge in [0.25, 0.3) is 0 Å². The second-order valence-corrected chi connectivity index (χ2v) is 3.49. The highest BCUT2D eigenvalue weighted by Crippen LogP contribution is 2.28. The number of hydrogen-bond donors (Lipinski definition) is 1. The Bertz CT molecular complexity index is 521. The largest absolute Gasteiger partial charge is 0.504 e. The molecule has 17 heavy (non-hydrogen) atoms. The first kappa shape index (κ1) is 11.2. The van der Waals surface area contributed by atoms with Crippen molar-refractivity contribution < 1.29 is 9.84 Å². The molecule has 0 amide bonds. The molecule has 0 radical (unpaired) electrons. The number of aliphatic imine (C=N–C) groups is 1. The third-order valence-corrected chi connectivity index (χ3v) is 2.36. The van der Waals surface area contributed by atoms with E-state index in [2.05, 4.69) is 4.99 Å². The number of phenols is 1. The normalized spacial score (nSPS) is 10.6. The number of rotatable bonds is 3. The lowest BCUT2D eigenvalue weighted by Crippen LogP contribution is -1.87. The average Bonchev–Trinajstić information content (AvgIpc) is 2.39. The summed E-state index contributed by atoms with van der Waals surface area (Å²) in [4.78, 5) is 4.27. The summed E-state index contributed by atoms with van der Waals surface area (Å²) in [6.45, 7) is 0. The van der Waals surface area contributed by atoms with E-state index in [0.717, 1.165) is 5.69 Å². The molecule has 2 aromatic rings. The monoisotopic (exact) mass is 227 g/mol. The lowest BCUT2D eigenvalue weighted by Gasteiger charge is -2.04. The fourth-order valence-electron chi connectivity index (χ4n) is 1.47. The first-order valence-electron chi connectivity index (χ1n) is 5.26. The number of methoxy groups -OCH3 is 1. The summed E-state index contributed by atoms with van der Waals surface area (Å²) in [6, 6.07) is 14.9. The average molecular weight is 227 g/mol. The molecule has 0 heterocycles. The summed E-state index contributed by atoms with van der Waals surface area (Å²) in [5.74, 6) is 0.552. The van der Waals surface area contributed by atoms with Gasteiger partial charge in [0.1, 0.15) is 0 Å². The van der Waals surface area contributed by atoms with Crippen LogP contribution in [-0.4, -0.2) is 18.4 Å². The Balaban J connectivity index is 2.28. The molecule has 0 spiro atoms. The van der Waals surface area contributed by atoms with Gasteiger partial charge in [-0.3, -0.25) is 4.99 Å². The summed E-state index contributed by atoms with van der Waals surface area (Å²) in [7, 11) is 1.52. The Kier molecular flexibility index (Phi) is 3.40. The van der Waals surface area contributed by atoms with E-state index < -0.39 is 0 Å². The summed E-state index contributed by atoms with van der Waals surface area (Å²) < 4.78 is 5.03. The van der Waals surface area contributed by atoms with Crippen LogP contribution in [0.2, 0.25) is 0 Å². The van der Waals surface area contributed by atoms with Crippen LogP contribution >= 0.6 is 0 Å². The molecule has 0 aliphatic heterocycles. The van der Waals surface area contributed by atoms with Crippen molar-refractivity contribution in [3.05, 3.63) is 54.1 Å². The summed E-state index contributed by atoms with van der Waals surface area (Å²) in [5, 5.41) is 9.85. The van der Waals surface area contributed by atoms with Gasteiger partial charge in [-0.15, -0.1) is 0 Å². The Labute approximate surface area is 100 Å². The zero-order valence-electron chi connectivity index (χ0n) is 9.50. The number of aromatic hydroxyl groups is 1. The Morgan fingerprint density at radius 1 is 1.06 bits per heavy atom. The van der Waals surface area contributed by atoms with Crippen LogP contribution in [0.5, 0.6) is 11.5 Å². The number of para-hydroxylation sites is 2. The van der Waals surface area contributed by atoms with Gasteiger partial charge in [-0.05, 0) is 24.3 Å². The number of phenolic OH excluding ortho intramolecular Hbond substituents is 1. The maximum atomic E-state index is 9.85. The molecule has 0 bridgehead atoms. The smallest absolute Gasteiger partial charge is 0.166 e. The maximum Gasteiger partial charge on any atom is 0.166 e. The van der Waals surface area contributed by atoms with Gasteiger partial charge in [-0.25, -0.2) is 0 Å². The van der Waals surface area contributed by atoms with Crippen LogP contribution in [0, 0.1) is 0 Å². The summed E-state index contributed by atoms with van der Waals surface area (Å²) in [6.07, 6.45) is 1.62. The molecule has 1 N–H and O–H groups in total. The van der Waals surface area contributed by atoms with Crippen LogP contribution < -0.4 is 4.74 Å². The Morgan fingerprint density at radius 3 is 2.53 bits per heavy atom. The van der Waals surface area contributed by atoms with Gasteiger partial charge in [-0.2, -0.15) is 0 Å². The van der Waals surface area contributed by atoms with E-state index in [0.29, 0.717) is 11.3 Å². The van der Waals surface area contributed by atoms with Gasteiger partial charge < -0.3 is 9.84 Å². The quantitative estimate of drug-likeness (QED) is 0.818. The van der Waals surface area contributed by atoms with E-state index in [-0.39, 0.29) is 5.75 Å². The summed E-state index contributed by atoms with van der Waals surface area (Å²) in [5.41, 5.74) is 1.47. The van der Waals surface area contributed by atoms with Crippen molar-refractivity contribution >= 4 is 11.9 Å². The second-order valence-electron chi connectivity index (χ2n) is 3.49. The Morgan fingerprint density at radius 2 is 1.82 bits per heavy atom. The third-order valence-electron chi connectivity index (χ3n) is 2.36. The van der Waals surface area contributed by atoms with Gasteiger partial charge in [0.05, 0.1) is 12.8 Å². The molecule has 0 aromatic heterocycles. The molecule has 3 nitrogen and oxygen atoms in total. The molecule has 0 atom stereocenters. The van der Waals surface area contributed by atoms with Crippen LogP contribution in [0.3, 0.4) is 0 Å². The zero-order chi connectivity index (χ0) is 12.1. The van der Waals surface area contributed by atoms with Gasteiger partial charge in [0.15, 0.2) is 11.5 Å². The SMILES string of the molecule is COc1cccc(/C=N/c2ccccc2)c1O. The van der Waals surface area contributed by atoms with E-state index in [4.69, 9.17) is 4.74 Å². The fourth-order valence-corrected chi connectivity index (χ4v) is 1.47.